The molecule has 0 unspecified atom stereocenters. The lowest BCUT2D eigenvalue weighted by Gasteiger charge is -2.21. The van der Waals surface area contributed by atoms with Crippen molar-refractivity contribution in [3.8, 4) is 0 Å². The number of aryl methyl sites for hydroxylation is 1. The van der Waals surface area contributed by atoms with Gasteiger partial charge in [0.15, 0.2) is 6.61 Å². The number of nitrogens with one attached hydrogen (secondary N) is 1. The first-order chi connectivity index (χ1) is 13.3. The van der Waals surface area contributed by atoms with E-state index in [0.29, 0.717) is 23.6 Å². The fourth-order valence-electron chi connectivity index (χ4n) is 3.80. The number of anilines is 1. The zero-order chi connectivity index (χ0) is 20.4. The molecule has 0 radical (unpaired) electrons. The maximum atomic E-state index is 12.5. The zero-order valence-electron chi connectivity index (χ0n) is 15.9. The summed E-state index contributed by atoms with van der Waals surface area (Å²) in [4.78, 5) is 50.4. The van der Waals surface area contributed by atoms with Crippen molar-refractivity contribution in [1.29, 1.82) is 0 Å². The van der Waals surface area contributed by atoms with Crippen LogP contribution in [0.4, 0.5) is 5.69 Å². The van der Waals surface area contributed by atoms with Crippen LogP contribution in [-0.4, -0.2) is 41.2 Å². The average Bonchev–Trinajstić information content (AvgIpc) is 2.93. The Morgan fingerprint density at radius 3 is 2.39 bits per heavy atom. The van der Waals surface area contributed by atoms with Gasteiger partial charge in [0.2, 0.25) is 11.8 Å². The summed E-state index contributed by atoms with van der Waals surface area (Å²) in [5, 5.41) is 3.09. The Morgan fingerprint density at radius 1 is 1.21 bits per heavy atom. The van der Waals surface area contributed by atoms with Crippen LogP contribution in [0.15, 0.2) is 18.2 Å². The normalized spacial score (nSPS) is 22.6. The molecule has 0 bridgehead atoms. The van der Waals surface area contributed by atoms with Gasteiger partial charge in [-0.2, -0.15) is 0 Å². The number of hydrogen-bond acceptors (Lipinski definition) is 5. The van der Waals surface area contributed by atoms with Gasteiger partial charge in [0, 0.05) is 10.7 Å². The van der Waals surface area contributed by atoms with Crippen molar-refractivity contribution >= 4 is 41.0 Å². The Morgan fingerprint density at radius 2 is 1.82 bits per heavy atom. The van der Waals surface area contributed by atoms with Crippen LogP contribution in [0.5, 0.6) is 0 Å². The summed E-state index contributed by atoms with van der Waals surface area (Å²) in [6.45, 7) is 2.78. The summed E-state index contributed by atoms with van der Waals surface area (Å²) in [6.07, 6.45) is 3.18. The minimum atomic E-state index is -1.05. The second-order valence-corrected chi connectivity index (χ2v) is 7.75. The van der Waals surface area contributed by atoms with Crippen LogP contribution in [0.2, 0.25) is 5.02 Å². The van der Waals surface area contributed by atoms with Crippen LogP contribution >= 0.6 is 11.6 Å². The van der Waals surface area contributed by atoms with E-state index in [0.717, 1.165) is 23.3 Å². The smallest absolute Gasteiger partial charge is 0.329 e. The topological polar surface area (TPSA) is 92.8 Å². The molecule has 28 heavy (non-hydrogen) atoms. The molecule has 150 valence electrons. The van der Waals surface area contributed by atoms with Crippen LogP contribution in [-0.2, 0) is 23.9 Å². The number of fused-ring (bicyclic) bond motifs is 1. The molecule has 1 N–H and O–H groups in total. The minimum absolute atomic E-state index is 0.308. The molecular weight excluding hydrogens is 384 g/mol. The third-order valence-corrected chi connectivity index (χ3v) is 5.81. The molecule has 2 aliphatic rings. The van der Waals surface area contributed by atoms with Gasteiger partial charge >= 0.3 is 5.97 Å². The fraction of sp³-hybridized carbons (Fsp3) is 0.500. The predicted molar refractivity (Wildman–Crippen MR) is 103 cm³/mol. The number of amides is 3. The largest absolute Gasteiger partial charge is 0.454 e. The maximum absolute atomic E-state index is 12.5. The van der Waals surface area contributed by atoms with Crippen LogP contribution < -0.4 is 5.32 Å². The maximum Gasteiger partial charge on any atom is 0.329 e. The molecule has 1 aliphatic heterocycles. The summed E-state index contributed by atoms with van der Waals surface area (Å²) >= 11 is 6.01. The van der Waals surface area contributed by atoms with Crippen molar-refractivity contribution in [2.75, 3.05) is 11.9 Å². The molecule has 3 amide bonds. The average molecular weight is 407 g/mol. The highest BCUT2D eigenvalue weighted by atomic mass is 35.5. The number of ether oxygens (including phenoxy) is 1. The highest BCUT2D eigenvalue weighted by Crippen LogP contribution is 2.38. The molecule has 1 aliphatic carbocycles. The number of hydrogen-bond donors (Lipinski definition) is 1. The van der Waals surface area contributed by atoms with Gasteiger partial charge in [0.05, 0.1) is 11.8 Å². The number of carbonyl (C=O) groups is 4. The Balaban J connectivity index is 1.55. The van der Waals surface area contributed by atoms with Crippen LogP contribution in [0.3, 0.4) is 0 Å². The number of nitrogens with zero attached hydrogens (tertiary/aromatic N) is 1. The molecule has 3 rings (SSSR count). The van der Waals surface area contributed by atoms with Gasteiger partial charge in [-0.25, -0.2) is 4.79 Å². The van der Waals surface area contributed by atoms with E-state index in [1.54, 1.807) is 18.2 Å². The van der Waals surface area contributed by atoms with E-state index < -0.39 is 24.5 Å². The molecule has 0 spiro atoms. The van der Waals surface area contributed by atoms with E-state index in [2.05, 4.69) is 5.32 Å². The van der Waals surface area contributed by atoms with Crippen molar-refractivity contribution < 1.29 is 23.9 Å². The molecule has 1 saturated heterocycles. The van der Waals surface area contributed by atoms with Gasteiger partial charge in [-0.05, 0) is 44.4 Å². The molecule has 1 heterocycles. The molecule has 1 saturated carbocycles. The van der Waals surface area contributed by atoms with Gasteiger partial charge in [0.1, 0.15) is 6.04 Å². The number of imide groups is 1. The predicted octanol–water partition coefficient (Wildman–Crippen LogP) is 2.69. The van der Waals surface area contributed by atoms with Gasteiger partial charge < -0.3 is 10.1 Å². The first-order valence-electron chi connectivity index (χ1n) is 9.39. The molecule has 2 fully saturated rings. The molecule has 1 aromatic carbocycles. The Hall–Kier alpha value is -2.41. The van der Waals surface area contributed by atoms with Gasteiger partial charge in [-0.1, -0.05) is 30.5 Å². The fourth-order valence-corrected chi connectivity index (χ4v) is 3.98. The summed E-state index contributed by atoms with van der Waals surface area (Å²) in [5.41, 5.74) is 1.36. The van der Waals surface area contributed by atoms with Gasteiger partial charge in [-0.3, -0.25) is 19.3 Å². The first-order valence-corrected chi connectivity index (χ1v) is 9.77. The molecule has 7 nitrogen and oxygen atoms in total. The van der Waals surface area contributed by atoms with Crippen LogP contribution in [0, 0.1) is 18.8 Å². The van der Waals surface area contributed by atoms with Crippen molar-refractivity contribution in [1.82, 2.24) is 4.90 Å². The lowest BCUT2D eigenvalue weighted by molar-refractivity contribution is -0.159. The number of benzene rings is 1. The summed E-state index contributed by atoms with van der Waals surface area (Å²) in [7, 11) is 0. The number of halogens is 1. The third-order valence-electron chi connectivity index (χ3n) is 5.40. The quantitative estimate of drug-likeness (QED) is 0.599. The van der Waals surface area contributed by atoms with E-state index in [1.165, 1.54) is 6.92 Å². The van der Waals surface area contributed by atoms with E-state index in [1.807, 2.05) is 6.92 Å². The van der Waals surface area contributed by atoms with Crippen molar-refractivity contribution in [3.63, 3.8) is 0 Å². The van der Waals surface area contributed by atoms with Crippen LogP contribution in [0.1, 0.15) is 38.2 Å². The second-order valence-electron chi connectivity index (χ2n) is 7.34. The van der Waals surface area contributed by atoms with Crippen molar-refractivity contribution in [3.05, 3.63) is 28.8 Å². The molecule has 1 aromatic rings. The standard InChI is InChI=1S/C20H23ClN2O5/c1-11-7-8-13(9-16(11)21)22-17(24)10-28-20(27)12(2)23-18(25)14-5-3-4-6-15(14)19(23)26/h7-9,12,14-15H,3-6,10H2,1-2H3,(H,22,24)/t12-,14-,15+/m0/s1. The summed E-state index contributed by atoms with van der Waals surface area (Å²) in [6, 6.07) is 4.00. The highest BCUT2D eigenvalue weighted by molar-refractivity contribution is 6.31. The van der Waals surface area contributed by atoms with Crippen molar-refractivity contribution in [2.45, 2.75) is 45.6 Å². The SMILES string of the molecule is Cc1ccc(NC(=O)COC(=O)[C@H](C)N2C(=O)[C@H]3CCCC[C@H]3C2=O)cc1Cl. The van der Waals surface area contributed by atoms with E-state index in [4.69, 9.17) is 16.3 Å². The van der Waals surface area contributed by atoms with Crippen LogP contribution in [0.25, 0.3) is 0 Å². The zero-order valence-corrected chi connectivity index (χ0v) is 16.6. The minimum Gasteiger partial charge on any atom is -0.454 e. The lowest BCUT2D eigenvalue weighted by atomic mass is 9.81. The summed E-state index contributed by atoms with van der Waals surface area (Å²) < 4.78 is 5.02. The number of likely N-dealkylation sites (tertiary alicyclic amines) is 1. The molecule has 3 atom stereocenters. The summed E-state index contributed by atoms with van der Waals surface area (Å²) in [5.74, 6) is -2.58. The second kappa shape index (κ2) is 8.31. The number of carbonyl (C=O) groups excluding carboxylic acids is 4. The number of esters is 1. The monoisotopic (exact) mass is 406 g/mol. The molecule has 0 aromatic heterocycles. The van der Waals surface area contributed by atoms with Gasteiger partial charge in [-0.15, -0.1) is 0 Å². The highest BCUT2D eigenvalue weighted by Gasteiger charge is 2.51. The van der Waals surface area contributed by atoms with Crippen molar-refractivity contribution in [2.24, 2.45) is 11.8 Å². The number of rotatable bonds is 5. The Labute approximate surface area is 168 Å². The van der Waals surface area contributed by atoms with E-state index in [9.17, 15) is 19.2 Å². The first kappa shape index (κ1) is 20.3. The Kier molecular flexibility index (Phi) is 6.03. The third kappa shape index (κ3) is 4.04. The lowest BCUT2D eigenvalue weighted by Crippen LogP contribution is -2.45. The molecular formula is C20H23ClN2O5. The molecule has 8 heteroatoms. The van der Waals surface area contributed by atoms with E-state index in [-0.39, 0.29) is 23.7 Å². The van der Waals surface area contributed by atoms with E-state index >= 15 is 0 Å². The Bertz CT molecular complexity index is 801. The van der Waals surface area contributed by atoms with Gasteiger partial charge in [0.25, 0.3) is 5.91 Å².